The van der Waals surface area contributed by atoms with Gasteiger partial charge in [0, 0.05) is 31.8 Å². The van der Waals surface area contributed by atoms with Gasteiger partial charge in [-0.1, -0.05) is 6.07 Å². The van der Waals surface area contributed by atoms with Crippen molar-refractivity contribution < 1.29 is 18.7 Å². The SMILES string of the molecule is O=C(c1cocn1)N1CCC2(CC1)C[C@H](Oc1ccccn1)CO2. The molecule has 7 heteroatoms. The maximum Gasteiger partial charge on any atom is 0.275 e. The summed E-state index contributed by atoms with van der Waals surface area (Å²) in [4.78, 5) is 22.2. The highest BCUT2D eigenvalue weighted by Crippen LogP contribution is 2.37. The lowest BCUT2D eigenvalue weighted by molar-refractivity contribution is -0.0396. The molecule has 2 fully saturated rings. The van der Waals surface area contributed by atoms with Crippen molar-refractivity contribution in [2.75, 3.05) is 19.7 Å². The molecule has 0 unspecified atom stereocenters. The monoisotopic (exact) mass is 329 g/mol. The van der Waals surface area contributed by atoms with Crippen LogP contribution in [0.3, 0.4) is 0 Å². The molecule has 0 radical (unpaired) electrons. The number of pyridine rings is 1. The van der Waals surface area contributed by atoms with Gasteiger partial charge >= 0.3 is 0 Å². The predicted molar refractivity (Wildman–Crippen MR) is 83.6 cm³/mol. The van der Waals surface area contributed by atoms with Crippen LogP contribution in [0.5, 0.6) is 5.88 Å². The Balaban J connectivity index is 1.33. The first kappa shape index (κ1) is 15.1. The lowest BCUT2D eigenvalue weighted by Crippen LogP contribution is -2.46. The Morgan fingerprint density at radius 2 is 2.17 bits per heavy atom. The molecule has 0 aromatic carbocycles. The summed E-state index contributed by atoms with van der Waals surface area (Å²) in [7, 11) is 0. The predicted octanol–water partition coefficient (Wildman–Crippen LogP) is 1.91. The van der Waals surface area contributed by atoms with Gasteiger partial charge in [-0.05, 0) is 18.9 Å². The number of rotatable bonds is 3. The third-order valence-corrected chi connectivity index (χ3v) is 4.71. The molecule has 2 saturated heterocycles. The second-order valence-corrected chi connectivity index (χ2v) is 6.27. The Labute approximate surface area is 139 Å². The fraction of sp³-hybridized carbons (Fsp3) is 0.471. The van der Waals surface area contributed by atoms with E-state index in [0.29, 0.717) is 31.3 Å². The first-order chi connectivity index (χ1) is 11.7. The van der Waals surface area contributed by atoms with E-state index in [-0.39, 0.29) is 17.6 Å². The lowest BCUT2D eigenvalue weighted by Gasteiger charge is -2.38. The van der Waals surface area contributed by atoms with Crippen molar-refractivity contribution in [1.82, 2.24) is 14.9 Å². The molecular formula is C17H19N3O4. The van der Waals surface area contributed by atoms with Gasteiger partial charge in [-0.15, -0.1) is 0 Å². The topological polar surface area (TPSA) is 77.7 Å². The van der Waals surface area contributed by atoms with E-state index in [9.17, 15) is 4.79 Å². The molecule has 1 atom stereocenters. The van der Waals surface area contributed by atoms with Crippen molar-refractivity contribution in [3.63, 3.8) is 0 Å². The summed E-state index contributed by atoms with van der Waals surface area (Å²) in [6.45, 7) is 1.87. The number of hydrogen-bond acceptors (Lipinski definition) is 6. The molecule has 2 aromatic rings. The third kappa shape index (κ3) is 2.99. The highest BCUT2D eigenvalue weighted by molar-refractivity contribution is 5.91. The second kappa shape index (κ2) is 6.24. The molecule has 7 nitrogen and oxygen atoms in total. The van der Waals surface area contributed by atoms with Gasteiger partial charge in [-0.2, -0.15) is 0 Å². The van der Waals surface area contributed by atoms with Crippen molar-refractivity contribution in [2.45, 2.75) is 31.0 Å². The molecule has 2 aliphatic heterocycles. The maximum atomic E-state index is 12.3. The molecular weight excluding hydrogens is 310 g/mol. The number of ether oxygens (including phenoxy) is 2. The van der Waals surface area contributed by atoms with Gasteiger partial charge in [0.25, 0.3) is 5.91 Å². The summed E-state index contributed by atoms with van der Waals surface area (Å²) >= 11 is 0. The van der Waals surface area contributed by atoms with E-state index in [1.165, 1.54) is 12.7 Å². The minimum absolute atomic E-state index is 0.0118. The summed E-state index contributed by atoms with van der Waals surface area (Å²) in [6.07, 6.45) is 6.83. The van der Waals surface area contributed by atoms with E-state index >= 15 is 0 Å². The number of carbonyl (C=O) groups excluding carboxylic acids is 1. The Bertz CT molecular complexity index is 681. The fourth-order valence-electron chi connectivity index (χ4n) is 3.41. The van der Waals surface area contributed by atoms with Gasteiger partial charge in [-0.3, -0.25) is 4.79 Å². The first-order valence-corrected chi connectivity index (χ1v) is 8.13. The molecule has 4 rings (SSSR count). The normalized spacial score (nSPS) is 22.7. The number of likely N-dealkylation sites (tertiary alicyclic amines) is 1. The number of nitrogens with zero attached hydrogens (tertiary/aromatic N) is 3. The van der Waals surface area contributed by atoms with Crippen LogP contribution < -0.4 is 4.74 Å². The van der Waals surface area contributed by atoms with Crippen LogP contribution >= 0.6 is 0 Å². The third-order valence-electron chi connectivity index (χ3n) is 4.71. The molecule has 126 valence electrons. The molecule has 0 bridgehead atoms. The first-order valence-electron chi connectivity index (χ1n) is 8.13. The zero-order valence-corrected chi connectivity index (χ0v) is 13.3. The highest BCUT2D eigenvalue weighted by Gasteiger charge is 2.44. The zero-order valence-electron chi connectivity index (χ0n) is 13.3. The number of piperidine rings is 1. The Morgan fingerprint density at radius 1 is 1.29 bits per heavy atom. The van der Waals surface area contributed by atoms with Gasteiger partial charge in [0.1, 0.15) is 12.4 Å². The largest absolute Gasteiger partial charge is 0.472 e. The van der Waals surface area contributed by atoms with E-state index in [2.05, 4.69) is 9.97 Å². The smallest absolute Gasteiger partial charge is 0.275 e. The summed E-state index contributed by atoms with van der Waals surface area (Å²) in [5.74, 6) is 0.541. The number of carbonyl (C=O) groups is 1. The minimum atomic E-state index is -0.194. The average Bonchev–Trinajstić information content (AvgIpc) is 3.27. The summed E-state index contributed by atoms with van der Waals surface area (Å²) in [5.41, 5.74) is 0.162. The van der Waals surface area contributed by atoms with Crippen LogP contribution in [0.15, 0.2) is 41.5 Å². The van der Waals surface area contributed by atoms with Crippen LogP contribution in [0.2, 0.25) is 0 Å². The Kier molecular flexibility index (Phi) is 3.93. The van der Waals surface area contributed by atoms with Crippen molar-refractivity contribution in [3.05, 3.63) is 42.7 Å². The van der Waals surface area contributed by atoms with Crippen LogP contribution in [0.4, 0.5) is 0 Å². The van der Waals surface area contributed by atoms with Crippen LogP contribution in [-0.2, 0) is 4.74 Å². The van der Waals surface area contributed by atoms with Gasteiger partial charge in [0.05, 0.1) is 12.2 Å². The quantitative estimate of drug-likeness (QED) is 0.856. The number of aromatic nitrogens is 2. The van der Waals surface area contributed by atoms with Gasteiger partial charge in [0.15, 0.2) is 12.1 Å². The van der Waals surface area contributed by atoms with Crippen molar-refractivity contribution in [3.8, 4) is 5.88 Å². The fourth-order valence-corrected chi connectivity index (χ4v) is 3.41. The van der Waals surface area contributed by atoms with E-state index in [1.54, 1.807) is 11.1 Å². The van der Waals surface area contributed by atoms with Crippen molar-refractivity contribution >= 4 is 5.91 Å². The number of oxazole rings is 1. The Hall–Kier alpha value is -2.41. The zero-order chi connectivity index (χ0) is 16.4. The van der Waals surface area contributed by atoms with E-state index in [0.717, 1.165) is 19.3 Å². The molecule has 24 heavy (non-hydrogen) atoms. The van der Waals surface area contributed by atoms with Crippen LogP contribution in [0.1, 0.15) is 29.8 Å². The average molecular weight is 329 g/mol. The standard InChI is InChI=1S/C17H19N3O4/c21-16(14-11-22-12-19-14)20-7-4-17(5-8-20)9-13(10-23-17)24-15-3-1-2-6-18-15/h1-3,6,11-13H,4-5,7-10H2/t13-/m0/s1. The van der Waals surface area contributed by atoms with Crippen LogP contribution in [0.25, 0.3) is 0 Å². The molecule has 4 heterocycles. The maximum absolute atomic E-state index is 12.3. The lowest BCUT2D eigenvalue weighted by atomic mass is 9.88. The van der Waals surface area contributed by atoms with Crippen molar-refractivity contribution in [1.29, 1.82) is 0 Å². The minimum Gasteiger partial charge on any atom is -0.472 e. The van der Waals surface area contributed by atoms with Crippen LogP contribution in [-0.4, -0.2) is 52.2 Å². The van der Waals surface area contributed by atoms with Gasteiger partial charge in [-0.25, -0.2) is 9.97 Å². The van der Waals surface area contributed by atoms with Gasteiger partial charge in [0.2, 0.25) is 5.88 Å². The molecule has 2 aromatic heterocycles. The van der Waals surface area contributed by atoms with Crippen LogP contribution in [0, 0.1) is 0 Å². The molecule has 1 amide bonds. The number of hydrogen-bond donors (Lipinski definition) is 0. The van der Waals surface area contributed by atoms with Crippen molar-refractivity contribution in [2.24, 2.45) is 0 Å². The molecule has 0 saturated carbocycles. The highest BCUT2D eigenvalue weighted by atomic mass is 16.6. The summed E-state index contributed by atoms with van der Waals surface area (Å²) in [5, 5.41) is 0. The Morgan fingerprint density at radius 3 is 2.88 bits per heavy atom. The molecule has 0 aliphatic carbocycles. The van der Waals surface area contributed by atoms with Gasteiger partial charge < -0.3 is 18.8 Å². The summed E-state index contributed by atoms with van der Waals surface area (Å²) in [6, 6.07) is 5.62. The number of amides is 1. The van der Waals surface area contributed by atoms with E-state index in [4.69, 9.17) is 13.9 Å². The second-order valence-electron chi connectivity index (χ2n) is 6.27. The van der Waals surface area contributed by atoms with E-state index < -0.39 is 0 Å². The van der Waals surface area contributed by atoms with E-state index in [1.807, 2.05) is 18.2 Å². The molecule has 2 aliphatic rings. The summed E-state index contributed by atoms with van der Waals surface area (Å²) < 4.78 is 16.8. The molecule has 0 N–H and O–H groups in total. The molecule has 1 spiro atoms.